The third-order valence-corrected chi connectivity index (χ3v) is 2.70. The van der Waals surface area contributed by atoms with Crippen LogP contribution in [0.15, 0.2) is 36.4 Å². The van der Waals surface area contributed by atoms with Crippen molar-refractivity contribution in [3.8, 4) is 5.75 Å². The fourth-order valence-corrected chi connectivity index (χ4v) is 1.64. The van der Waals surface area contributed by atoms with E-state index in [9.17, 15) is 9.90 Å². The Morgan fingerprint density at radius 1 is 1.25 bits per heavy atom. The van der Waals surface area contributed by atoms with Crippen LogP contribution >= 0.6 is 0 Å². The van der Waals surface area contributed by atoms with E-state index in [4.69, 9.17) is 0 Å². The van der Waals surface area contributed by atoms with E-state index in [1.807, 2.05) is 24.3 Å². The lowest BCUT2D eigenvalue weighted by Gasteiger charge is -2.15. The number of hydrogen-bond acceptors (Lipinski definition) is 2. The molecule has 0 aliphatic carbocycles. The van der Waals surface area contributed by atoms with Crippen LogP contribution in [0.2, 0.25) is 0 Å². The second kappa shape index (κ2) is 3.85. The van der Waals surface area contributed by atoms with E-state index in [2.05, 4.69) is 0 Å². The molecule has 0 aliphatic rings. The van der Waals surface area contributed by atoms with Crippen molar-refractivity contribution in [3.05, 3.63) is 36.4 Å². The average molecular weight is 215 g/mol. The van der Waals surface area contributed by atoms with Crippen molar-refractivity contribution in [2.45, 2.75) is 6.92 Å². The van der Waals surface area contributed by atoms with Crippen LogP contribution in [0.4, 0.5) is 5.69 Å². The lowest BCUT2D eigenvalue weighted by Crippen LogP contribution is -2.22. The lowest BCUT2D eigenvalue weighted by molar-refractivity contribution is -0.116. The second-order valence-electron chi connectivity index (χ2n) is 3.76. The Bertz CT molecular complexity index is 549. The fourth-order valence-electron chi connectivity index (χ4n) is 1.64. The van der Waals surface area contributed by atoms with Gasteiger partial charge in [-0.1, -0.05) is 12.1 Å². The number of phenols is 1. The second-order valence-corrected chi connectivity index (χ2v) is 3.76. The fraction of sp³-hybridized carbons (Fsp3) is 0.154. The summed E-state index contributed by atoms with van der Waals surface area (Å²) >= 11 is 0. The van der Waals surface area contributed by atoms with Crippen molar-refractivity contribution in [1.29, 1.82) is 0 Å². The largest absolute Gasteiger partial charge is 0.507 e. The van der Waals surface area contributed by atoms with Crippen LogP contribution < -0.4 is 4.90 Å². The van der Waals surface area contributed by atoms with Crippen molar-refractivity contribution < 1.29 is 9.90 Å². The van der Waals surface area contributed by atoms with Gasteiger partial charge in [0.15, 0.2) is 0 Å². The number of fused-ring (bicyclic) bond motifs is 1. The summed E-state index contributed by atoms with van der Waals surface area (Å²) in [7, 11) is 1.73. The maximum atomic E-state index is 11.2. The molecule has 82 valence electrons. The van der Waals surface area contributed by atoms with Gasteiger partial charge in [0.2, 0.25) is 5.91 Å². The molecule has 2 rings (SSSR count). The minimum atomic E-state index is -0.0143. The molecule has 16 heavy (non-hydrogen) atoms. The first-order valence-corrected chi connectivity index (χ1v) is 5.05. The smallest absolute Gasteiger partial charge is 0.223 e. The molecule has 0 radical (unpaired) electrons. The number of rotatable bonds is 1. The summed E-state index contributed by atoms with van der Waals surface area (Å²) in [5.41, 5.74) is 0.825. The van der Waals surface area contributed by atoms with Crippen LogP contribution in [0.3, 0.4) is 0 Å². The molecule has 0 bridgehead atoms. The highest BCUT2D eigenvalue weighted by Crippen LogP contribution is 2.27. The molecule has 1 N–H and O–H groups in total. The van der Waals surface area contributed by atoms with Crippen LogP contribution in [0.5, 0.6) is 5.75 Å². The molecule has 0 spiro atoms. The predicted molar refractivity (Wildman–Crippen MR) is 64.7 cm³/mol. The van der Waals surface area contributed by atoms with Gasteiger partial charge in [-0.15, -0.1) is 0 Å². The molecule has 0 fully saturated rings. The van der Waals surface area contributed by atoms with Crippen molar-refractivity contribution in [2.24, 2.45) is 0 Å². The Kier molecular flexibility index (Phi) is 2.52. The Morgan fingerprint density at radius 2 is 2.00 bits per heavy atom. The zero-order valence-corrected chi connectivity index (χ0v) is 9.27. The minimum absolute atomic E-state index is 0.0143. The van der Waals surface area contributed by atoms with E-state index in [1.54, 1.807) is 24.1 Å². The molecule has 0 saturated carbocycles. The lowest BCUT2D eigenvalue weighted by atomic mass is 10.1. The van der Waals surface area contributed by atoms with Crippen LogP contribution in [-0.4, -0.2) is 18.1 Å². The van der Waals surface area contributed by atoms with Gasteiger partial charge in [0.05, 0.1) is 0 Å². The third kappa shape index (κ3) is 1.72. The van der Waals surface area contributed by atoms with Gasteiger partial charge in [-0.3, -0.25) is 4.79 Å². The van der Waals surface area contributed by atoms with Crippen LogP contribution in [0.1, 0.15) is 6.92 Å². The summed E-state index contributed by atoms with van der Waals surface area (Å²) in [4.78, 5) is 12.8. The molecular formula is C13H13NO2. The van der Waals surface area contributed by atoms with Crippen molar-refractivity contribution in [3.63, 3.8) is 0 Å². The molecule has 0 atom stereocenters. The number of carbonyl (C=O) groups is 1. The van der Waals surface area contributed by atoms with E-state index in [0.29, 0.717) is 0 Å². The monoisotopic (exact) mass is 215 g/mol. The number of carbonyl (C=O) groups excluding carboxylic acids is 1. The highest BCUT2D eigenvalue weighted by atomic mass is 16.3. The molecule has 0 aromatic heterocycles. The predicted octanol–water partition coefficient (Wildman–Crippen LogP) is 2.53. The summed E-state index contributed by atoms with van der Waals surface area (Å²) in [6.45, 7) is 1.52. The Morgan fingerprint density at radius 3 is 2.69 bits per heavy atom. The van der Waals surface area contributed by atoms with E-state index >= 15 is 0 Å². The first-order valence-electron chi connectivity index (χ1n) is 5.05. The molecule has 3 nitrogen and oxygen atoms in total. The Balaban J connectivity index is 2.57. The van der Waals surface area contributed by atoms with Gasteiger partial charge in [-0.2, -0.15) is 0 Å². The minimum Gasteiger partial charge on any atom is -0.507 e. The zero-order valence-electron chi connectivity index (χ0n) is 9.27. The van der Waals surface area contributed by atoms with Crippen LogP contribution in [0, 0.1) is 0 Å². The molecule has 1 amide bonds. The average Bonchev–Trinajstić information content (AvgIpc) is 2.28. The van der Waals surface area contributed by atoms with Gasteiger partial charge in [0.1, 0.15) is 5.75 Å². The summed E-state index contributed by atoms with van der Waals surface area (Å²) in [5, 5.41) is 11.3. The molecule has 0 heterocycles. The molecular weight excluding hydrogens is 202 g/mol. The topological polar surface area (TPSA) is 40.5 Å². The van der Waals surface area contributed by atoms with Crippen LogP contribution in [0.25, 0.3) is 10.8 Å². The van der Waals surface area contributed by atoms with Crippen molar-refractivity contribution in [2.75, 3.05) is 11.9 Å². The molecule has 0 saturated heterocycles. The van der Waals surface area contributed by atoms with Gasteiger partial charge >= 0.3 is 0 Å². The van der Waals surface area contributed by atoms with Gasteiger partial charge < -0.3 is 10.0 Å². The van der Waals surface area contributed by atoms with E-state index in [1.165, 1.54) is 6.92 Å². The van der Waals surface area contributed by atoms with E-state index in [-0.39, 0.29) is 11.7 Å². The van der Waals surface area contributed by atoms with Gasteiger partial charge in [-0.05, 0) is 29.7 Å². The molecule has 2 aromatic carbocycles. The van der Waals surface area contributed by atoms with Gasteiger partial charge in [0, 0.05) is 25.0 Å². The summed E-state index contributed by atoms with van der Waals surface area (Å²) in [6.07, 6.45) is 0. The molecule has 0 aliphatic heterocycles. The molecule has 0 unspecified atom stereocenters. The zero-order chi connectivity index (χ0) is 11.7. The summed E-state index contributed by atoms with van der Waals surface area (Å²) in [6, 6.07) is 10.9. The standard InChI is InChI=1S/C13H13NO2/c1-9(15)14(2)11-6-7-12-10(8-11)4-3-5-13(12)16/h3-8,16H,1-2H3. The van der Waals surface area contributed by atoms with E-state index in [0.717, 1.165) is 16.5 Å². The number of amides is 1. The van der Waals surface area contributed by atoms with Gasteiger partial charge in [0.25, 0.3) is 0 Å². The molecule has 3 heteroatoms. The number of nitrogens with zero attached hydrogens (tertiary/aromatic N) is 1. The SMILES string of the molecule is CC(=O)N(C)c1ccc2c(O)cccc2c1. The number of phenolic OH excluding ortho intramolecular Hbond substituents is 1. The normalized spacial score (nSPS) is 10.4. The van der Waals surface area contributed by atoms with E-state index < -0.39 is 0 Å². The van der Waals surface area contributed by atoms with Crippen LogP contribution in [-0.2, 0) is 4.79 Å². The summed E-state index contributed by atoms with van der Waals surface area (Å²) < 4.78 is 0. The Hall–Kier alpha value is -2.03. The number of benzene rings is 2. The number of hydrogen-bond donors (Lipinski definition) is 1. The Labute approximate surface area is 93.9 Å². The number of anilines is 1. The van der Waals surface area contributed by atoms with Crippen molar-refractivity contribution in [1.82, 2.24) is 0 Å². The quantitative estimate of drug-likeness (QED) is 0.794. The number of aromatic hydroxyl groups is 1. The maximum Gasteiger partial charge on any atom is 0.223 e. The maximum absolute atomic E-state index is 11.2. The van der Waals surface area contributed by atoms with Gasteiger partial charge in [-0.25, -0.2) is 0 Å². The molecule has 2 aromatic rings. The highest BCUT2D eigenvalue weighted by Gasteiger charge is 2.06. The third-order valence-electron chi connectivity index (χ3n) is 2.70. The van der Waals surface area contributed by atoms with Crippen molar-refractivity contribution >= 4 is 22.4 Å². The first-order chi connectivity index (χ1) is 7.59. The first kappa shape index (κ1) is 10.5. The summed E-state index contributed by atoms with van der Waals surface area (Å²) in [5.74, 6) is 0.244. The highest BCUT2D eigenvalue weighted by molar-refractivity contribution is 5.96.